The molecule has 0 unspecified atom stereocenters. The Labute approximate surface area is 155 Å². The number of nitrogens with zero attached hydrogens (tertiary/aromatic N) is 1. The fourth-order valence-electron chi connectivity index (χ4n) is 2.18. The second kappa shape index (κ2) is 8.36. The molecule has 3 N–H and O–H groups in total. The number of hydrogen-bond donors (Lipinski definition) is 2. The highest BCUT2D eigenvalue weighted by molar-refractivity contribution is 6.35. The van der Waals surface area contributed by atoms with Crippen LogP contribution in [0.5, 0.6) is 0 Å². The lowest BCUT2D eigenvalue weighted by Crippen LogP contribution is -2.86. The Hall–Kier alpha value is -1.77. The van der Waals surface area contributed by atoms with Crippen LogP contribution < -0.4 is 10.6 Å². The molecule has 1 amide bonds. The maximum atomic E-state index is 12.0. The summed E-state index contributed by atoms with van der Waals surface area (Å²) in [5.41, 5.74) is 1.83. The van der Waals surface area contributed by atoms with Crippen LogP contribution in [0.15, 0.2) is 36.4 Å². The summed E-state index contributed by atoms with van der Waals surface area (Å²) in [6.07, 6.45) is 0. The van der Waals surface area contributed by atoms with Crippen molar-refractivity contribution in [3.8, 4) is 6.07 Å². The molecular weight excluding hydrogens is 369 g/mol. The summed E-state index contributed by atoms with van der Waals surface area (Å²) in [6.45, 7) is 2.18. The Balaban J connectivity index is 1.93. The van der Waals surface area contributed by atoms with E-state index < -0.39 is 0 Å². The van der Waals surface area contributed by atoms with Crippen molar-refractivity contribution < 1.29 is 10.1 Å². The minimum Gasteiger partial charge on any atom is -0.332 e. The van der Waals surface area contributed by atoms with Gasteiger partial charge in [-0.15, -0.1) is 0 Å². The highest BCUT2D eigenvalue weighted by Crippen LogP contribution is 2.24. The number of nitrogens with two attached hydrogens (primary N) is 1. The molecule has 2 aromatic carbocycles. The Kier molecular flexibility index (Phi) is 6.47. The summed E-state index contributed by atoms with van der Waals surface area (Å²) in [5, 5.41) is 14.9. The third-order valence-electron chi connectivity index (χ3n) is 3.48. The SMILES string of the molecule is C[C@H]([NH2+]CC(=O)Nc1ccc(C#N)c(Cl)c1)c1ccc(Cl)cc1Cl. The van der Waals surface area contributed by atoms with Gasteiger partial charge in [0.1, 0.15) is 12.1 Å². The Morgan fingerprint density at radius 3 is 2.58 bits per heavy atom. The topological polar surface area (TPSA) is 69.5 Å². The molecule has 0 saturated carbocycles. The number of rotatable bonds is 5. The third-order valence-corrected chi connectivity index (χ3v) is 4.36. The van der Waals surface area contributed by atoms with Crippen molar-refractivity contribution in [3.05, 3.63) is 62.6 Å². The first-order chi connectivity index (χ1) is 11.4. The van der Waals surface area contributed by atoms with Gasteiger partial charge in [-0.25, -0.2) is 0 Å². The van der Waals surface area contributed by atoms with Gasteiger partial charge < -0.3 is 10.6 Å². The van der Waals surface area contributed by atoms with Crippen LogP contribution in [0.1, 0.15) is 24.1 Å². The molecule has 4 nitrogen and oxygen atoms in total. The summed E-state index contributed by atoms with van der Waals surface area (Å²) < 4.78 is 0. The Morgan fingerprint density at radius 1 is 1.21 bits per heavy atom. The zero-order valence-corrected chi connectivity index (χ0v) is 15.1. The van der Waals surface area contributed by atoms with E-state index in [1.807, 2.05) is 24.4 Å². The lowest BCUT2D eigenvalue weighted by Gasteiger charge is -2.13. The number of carbonyl (C=O) groups excluding carboxylic acids is 1. The second-order valence-electron chi connectivity index (χ2n) is 5.25. The van der Waals surface area contributed by atoms with Crippen LogP contribution in [0.4, 0.5) is 5.69 Å². The van der Waals surface area contributed by atoms with E-state index in [2.05, 4.69) is 5.32 Å². The van der Waals surface area contributed by atoms with Crippen molar-refractivity contribution in [2.45, 2.75) is 13.0 Å². The van der Waals surface area contributed by atoms with Crippen molar-refractivity contribution in [3.63, 3.8) is 0 Å². The first-order valence-corrected chi connectivity index (χ1v) is 8.32. The molecule has 0 aliphatic rings. The maximum Gasteiger partial charge on any atom is 0.279 e. The van der Waals surface area contributed by atoms with Gasteiger partial charge in [0.05, 0.1) is 15.6 Å². The predicted molar refractivity (Wildman–Crippen MR) is 96.5 cm³/mol. The molecule has 0 spiro atoms. The zero-order valence-electron chi connectivity index (χ0n) is 12.8. The van der Waals surface area contributed by atoms with Crippen LogP contribution in [0, 0.1) is 11.3 Å². The molecule has 2 rings (SSSR count). The van der Waals surface area contributed by atoms with E-state index in [1.165, 1.54) is 0 Å². The molecule has 0 aliphatic heterocycles. The van der Waals surface area contributed by atoms with Gasteiger partial charge in [0, 0.05) is 16.3 Å². The number of quaternary nitrogens is 1. The fourth-order valence-corrected chi connectivity index (χ4v) is 2.98. The van der Waals surface area contributed by atoms with Crippen LogP contribution in [-0.2, 0) is 4.79 Å². The minimum absolute atomic E-state index is 0.00469. The zero-order chi connectivity index (χ0) is 17.7. The summed E-state index contributed by atoms with van der Waals surface area (Å²) in [5.74, 6) is -0.173. The van der Waals surface area contributed by atoms with Gasteiger partial charge in [-0.2, -0.15) is 5.26 Å². The smallest absolute Gasteiger partial charge is 0.279 e. The van der Waals surface area contributed by atoms with Gasteiger partial charge in [0.2, 0.25) is 0 Å². The normalized spacial score (nSPS) is 11.6. The number of carbonyl (C=O) groups is 1. The number of benzene rings is 2. The number of nitriles is 1. The average molecular weight is 384 g/mol. The van der Waals surface area contributed by atoms with E-state index in [1.54, 1.807) is 30.3 Å². The first-order valence-electron chi connectivity index (χ1n) is 7.18. The molecule has 24 heavy (non-hydrogen) atoms. The average Bonchev–Trinajstić information content (AvgIpc) is 2.53. The van der Waals surface area contributed by atoms with Crippen LogP contribution in [0.3, 0.4) is 0 Å². The number of hydrogen-bond acceptors (Lipinski definition) is 2. The lowest BCUT2D eigenvalue weighted by atomic mass is 10.1. The molecule has 0 bridgehead atoms. The minimum atomic E-state index is -0.173. The quantitative estimate of drug-likeness (QED) is 0.825. The van der Waals surface area contributed by atoms with E-state index in [4.69, 9.17) is 40.1 Å². The number of nitrogens with one attached hydrogen (secondary N) is 1. The highest BCUT2D eigenvalue weighted by atomic mass is 35.5. The highest BCUT2D eigenvalue weighted by Gasteiger charge is 2.15. The third kappa shape index (κ3) is 4.86. The summed E-state index contributed by atoms with van der Waals surface area (Å²) >= 11 is 18.0. The van der Waals surface area contributed by atoms with Crippen LogP contribution >= 0.6 is 34.8 Å². The molecule has 124 valence electrons. The number of amides is 1. The van der Waals surface area contributed by atoms with Crippen molar-refractivity contribution in [2.75, 3.05) is 11.9 Å². The fraction of sp³-hybridized carbons (Fsp3) is 0.176. The first kappa shape index (κ1) is 18.6. The number of halogens is 3. The van der Waals surface area contributed by atoms with Crippen LogP contribution in [0.25, 0.3) is 0 Å². The van der Waals surface area contributed by atoms with Crippen molar-refractivity contribution in [1.29, 1.82) is 5.26 Å². The molecule has 0 fully saturated rings. The number of anilines is 1. The van der Waals surface area contributed by atoms with Crippen molar-refractivity contribution in [1.82, 2.24) is 0 Å². The van der Waals surface area contributed by atoms with Gasteiger partial charge in [-0.3, -0.25) is 4.79 Å². The van der Waals surface area contributed by atoms with Gasteiger partial charge in [-0.05, 0) is 37.3 Å². The molecule has 2 aromatic rings. The van der Waals surface area contributed by atoms with Crippen LogP contribution in [0.2, 0.25) is 15.1 Å². The summed E-state index contributed by atoms with van der Waals surface area (Å²) in [4.78, 5) is 12.0. The molecular formula is C17H15Cl3N3O+. The molecule has 1 atom stereocenters. The largest absolute Gasteiger partial charge is 0.332 e. The molecule has 0 heterocycles. The van der Waals surface area contributed by atoms with Gasteiger partial charge in [0.15, 0.2) is 6.54 Å². The molecule has 0 radical (unpaired) electrons. The van der Waals surface area contributed by atoms with E-state index in [9.17, 15) is 4.79 Å². The van der Waals surface area contributed by atoms with Gasteiger partial charge >= 0.3 is 0 Å². The monoisotopic (exact) mass is 382 g/mol. The van der Waals surface area contributed by atoms with Crippen molar-refractivity contribution >= 4 is 46.4 Å². The molecule has 0 aromatic heterocycles. The van der Waals surface area contributed by atoms with Crippen molar-refractivity contribution in [2.24, 2.45) is 0 Å². The van der Waals surface area contributed by atoms with Crippen LogP contribution in [-0.4, -0.2) is 12.5 Å². The summed E-state index contributed by atoms with van der Waals surface area (Å²) in [6, 6.07) is 12.0. The molecule has 0 aliphatic carbocycles. The Morgan fingerprint density at radius 2 is 1.96 bits per heavy atom. The van der Waals surface area contributed by atoms with Gasteiger partial charge in [0.25, 0.3) is 5.91 Å². The van der Waals surface area contributed by atoms with Gasteiger partial charge in [-0.1, -0.05) is 40.9 Å². The second-order valence-corrected chi connectivity index (χ2v) is 6.50. The van der Waals surface area contributed by atoms with E-state index in [0.29, 0.717) is 26.3 Å². The summed E-state index contributed by atoms with van der Waals surface area (Å²) in [7, 11) is 0. The van der Waals surface area contributed by atoms with E-state index in [0.717, 1.165) is 5.56 Å². The Bertz CT molecular complexity index is 802. The molecule has 0 saturated heterocycles. The van der Waals surface area contributed by atoms with E-state index >= 15 is 0 Å². The lowest BCUT2D eigenvalue weighted by molar-refractivity contribution is -0.682. The molecule has 7 heteroatoms. The maximum absolute atomic E-state index is 12.0. The standard InChI is InChI=1S/C17H14Cl3N3O/c1-10(14-5-3-12(18)6-16(14)20)22-9-17(24)23-13-4-2-11(8-21)15(19)7-13/h2-7,10,22H,9H2,1H3,(H,23,24)/p+1/t10-/m0/s1. The predicted octanol–water partition coefficient (Wildman–Crippen LogP) is 3.78. The van der Waals surface area contributed by atoms with E-state index in [-0.39, 0.29) is 18.5 Å².